The Bertz CT molecular complexity index is 1080. The lowest BCUT2D eigenvalue weighted by Gasteiger charge is -2.33. The molecular formula is C22H27N7O2S. The van der Waals surface area contributed by atoms with Crippen LogP contribution in [0.3, 0.4) is 0 Å². The molecule has 0 radical (unpaired) electrons. The van der Waals surface area contributed by atoms with Gasteiger partial charge in [0, 0.05) is 50.1 Å². The van der Waals surface area contributed by atoms with Crippen LogP contribution in [0.1, 0.15) is 26.2 Å². The van der Waals surface area contributed by atoms with E-state index in [1.807, 2.05) is 35.8 Å². The van der Waals surface area contributed by atoms with Gasteiger partial charge >= 0.3 is 0 Å². The fraction of sp³-hybridized carbons (Fsp3) is 0.409. The van der Waals surface area contributed by atoms with Crippen LogP contribution in [0.4, 0.5) is 5.95 Å². The molecule has 0 aliphatic carbocycles. The van der Waals surface area contributed by atoms with Crippen molar-refractivity contribution in [3.8, 4) is 17.1 Å². The van der Waals surface area contributed by atoms with Crippen LogP contribution in [0.5, 0.6) is 5.75 Å². The average molecular weight is 454 g/mol. The van der Waals surface area contributed by atoms with E-state index in [0.717, 1.165) is 30.7 Å². The monoisotopic (exact) mass is 453 g/mol. The van der Waals surface area contributed by atoms with Gasteiger partial charge in [-0.3, -0.25) is 14.5 Å². The van der Waals surface area contributed by atoms with E-state index in [2.05, 4.69) is 30.4 Å². The van der Waals surface area contributed by atoms with Crippen LogP contribution in [0.25, 0.3) is 11.4 Å². The average Bonchev–Trinajstić information content (AvgIpc) is 3.19. The molecule has 1 unspecified atom stereocenters. The maximum Gasteiger partial charge on any atom is 0.225 e. The first-order valence-corrected chi connectivity index (χ1v) is 11.2. The maximum absolute atomic E-state index is 12.7. The van der Waals surface area contributed by atoms with Crippen LogP contribution in [0.15, 0.2) is 42.7 Å². The third kappa shape index (κ3) is 5.31. The Morgan fingerprint density at radius 1 is 1.28 bits per heavy atom. The van der Waals surface area contributed by atoms with Crippen molar-refractivity contribution in [2.24, 2.45) is 0 Å². The Balaban J connectivity index is 1.35. The van der Waals surface area contributed by atoms with Crippen LogP contribution in [-0.2, 0) is 11.3 Å². The van der Waals surface area contributed by atoms with E-state index in [-0.39, 0.29) is 11.9 Å². The van der Waals surface area contributed by atoms with Crippen LogP contribution < -0.4 is 15.0 Å². The van der Waals surface area contributed by atoms with E-state index >= 15 is 0 Å². The molecule has 1 atom stereocenters. The minimum atomic E-state index is -0.00780. The minimum Gasteiger partial charge on any atom is -0.494 e. The zero-order valence-corrected chi connectivity index (χ0v) is 18.8. The first kappa shape index (κ1) is 21.9. The largest absolute Gasteiger partial charge is 0.494 e. The fourth-order valence-corrected chi connectivity index (χ4v) is 4.08. The molecular weight excluding hydrogens is 426 g/mol. The van der Waals surface area contributed by atoms with Crippen LogP contribution >= 0.6 is 12.2 Å². The standard InChI is InChI=1S/C22H27N7O2S/c1-2-31-18-8-6-16(7-9-18)20-26-27-22(32)29(20)14-10-19(30)25-17-5-3-13-28(15-17)21-23-11-4-12-24-21/h4,6-9,11-12,17H,2-3,5,10,13-15H2,1H3,(H,25,30)(H,27,32). The van der Waals surface area contributed by atoms with Crippen molar-refractivity contribution in [2.75, 3.05) is 24.6 Å². The zero-order valence-electron chi connectivity index (χ0n) is 18.0. The third-order valence-corrected chi connectivity index (χ3v) is 5.68. The Hall–Kier alpha value is -3.27. The second-order valence-electron chi connectivity index (χ2n) is 7.61. The summed E-state index contributed by atoms with van der Waals surface area (Å²) < 4.78 is 7.85. The lowest BCUT2D eigenvalue weighted by molar-refractivity contribution is -0.122. The number of anilines is 1. The number of rotatable bonds is 8. The normalized spacial score (nSPS) is 16.0. The molecule has 1 fully saturated rings. The number of hydrogen-bond acceptors (Lipinski definition) is 7. The molecule has 32 heavy (non-hydrogen) atoms. The quantitative estimate of drug-likeness (QED) is 0.506. The van der Waals surface area contributed by atoms with Gasteiger partial charge in [-0.15, -0.1) is 0 Å². The van der Waals surface area contributed by atoms with Crippen molar-refractivity contribution in [1.29, 1.82) is 0 Å². The van der Waals surface area contributed by atoms with E-state index in [0.29, 0.717) is 42.7 Å². The third-order valence-electron chi connectivity index (χ3n) is 5.37. The minimum absolute atomic E-state index is 0.00780. The van der Waals surface area contributed by atoms with Gasteiger partial charge in [0.2, 0.25) is 11.9 Å². The van der Waals surface area contributed by atoms with Gasteiger partial charge in [0.25, 0.3) is 0 Å². The molecule has 4 rings (SSSR count). The van der Waals surface area contributed by atoms with Crippen molar-refractivity contribution < 1.29 is 9.53 Å². The highest BCUT2D eigenvalue weighted by Gasteiger charge is 2.23. The smallest absolute Gasteiger partial charge is 0.225 e. The van der Waals surface area contributed by atoms with Crippen molar-refractivity contribution >= 4 is 24.1 Å². The first-order chi connectivity index (χ1) is 15.6. The number of nitrogens with zero attached hydrogens (tertiary/aromatic N) is 5. The van der Waals surface area contributed by atoms with Gasteiger partial charge in [-0.1, -0.05) is 0 Å². The molecule has 0 saturated carbocycles. The summed E-state index contributed by atoms with van der Waals surface area (Å²) in [6.07, 6.45) is 5.72. The lowest BCUT2D eigenvalue weighted by Crippen LogP contribution is -2.48. The molecule has 1 saturated heterocycles. The molecule has 0 bridgehead atoms. The van der Waals surface area contributed by atoms with Crippen LogP contribution in [0, 0.1) is 4.77 Å². The van der Waals surface area contributed by atoms with E-state index in [9.17, 15) is 4.79 Å². The first-order valence-electron chi connectivity index (χ1n) is 10.8. The number of nitrogens with one attached hydrogen (secondary N) is 2. The number of aromatic amines is 1. The molecule has 3 heterocycles. The Morgan fingerprint density at radius 2 is 2.06 bits per heavy atom. The second-order valence-corrected chi connectivity index (χ2v) is 8.00. The maximum atomic E-state index is 12.7. The molecule has 1 aromatic carbocycles. The van der Waals surface area contributed by atoms with Crippen molar-refractivity contribution in [3.63, 3.8) is 0 Å². The number of aromatic nitrogens is 5. The Labute approximate surface area is 191 Å². The number of carbonyl (C=O) groups is 1. The topological polar surface area (TPSA) is 101 Å². The molecule has 1 aliphatic rings. The van der Waals surface area contributed by atoms with Crippen molar-refractivity contribution in [3.05, 3.63) is 47.5 Å². The zero-order chi connectivity index (χ0) is 22.3. The highest BCUT2D eigenvalue weighted by molar-refractivity contribution is 7.71. The second kappa shape index (κ2) is 10.4. The number of ether oxygens (including phenoxy) is 1. The van der Waals surface area contributed by atoms with Gasteiger partial charge in [-0.25, -0.2) is 9.97 Å². The summed E-state index contributed by atoms with van der Waals surface area (Å²) in [6.45, 7) is 4.61. The van der Waals surface area contributed by atoms with Crippen LogP contribution in [0.2, 0.25) is 0 Å². The summed E-state index contributed by atoms with van der Waals surface area (Å²) in [6, 6.07) is 9.55. The predicted octanol–water partition coefficient (Wildman–Crippen LogP) is 2.97. The van der Waals surface area contributed by atoms with Crippen molar-refractivity contribution in [1.82, 2.24) is 30.0 Å². The van der Waals surface area contributed by atoms with Gasteiger partial charge in [0.05, 0.1) is 6.61 Å². The summed E-state index contributed by atoms with van der Waals surface area (Å²) >= 11 is 5.39. The molecule has 2 N–H and O–H groups in total. The molecule has 168 valence electrons. The van der Waals surface area contributed by atoms with Crippen LogP contribution in [-0.4, -0.2) is 56.4 Å². The molecule has 9 nitrogen and oxygen atoms in total. The number of carbonyl (C=O) groups excluding carboxylic acids is 1. The fourth-order valence-electron chi connectivity index (χ4n) is 3.86. The molecule has 3 aromatic rings. The van der Waals surface area contributed by atoms with E-state index in [1.54, 1.807) is 18.5 Å². The van der Waals surface area contributed by atoms with Gasteiger partial charge in [0.15, 0.2) is 10.6 Å². The number of amides is 1. The summed E-state index contributed by atoms with van der Waals surface area (Å²) in [5, 5.41) is 10.3. The predicted molar refractivity (Wildman–Crippen MR) is 124 cm³/mol. The molecule has 1 amide bonds. The van der Waals surface area contributed by atoms with Gasteiger partial charge < -0.3 is 15.0 Å². The van der Waals surface area contributed by atoms with E-state index in [4.69, 9.17) is 17.0 Å². The lowest BCUT2D eigenvalue weighted by atomic mass is 10.1. The van der Waals surface area contributed by atoms with Gasteiger partial charge in [-0.2, -0.15) is 5.10 Å². The molecule has 1 aliphatic heterocycles. The Morgan fingerprint density at radius 3 is 2.81 bits per heavy atom. The Kier molecular flexibility index (Phi) is 7.10. The van der Waals surface area contributed by atoms with Gasteiger partial charge in [0.1, 0.15) is 5.75 Å². The highest BCUT2D eigenvalue weighted by Crippen LogP contribution is 2.21. The summed E-state index contributed by atoms with van der Waals surface area (Å²) in [7, 11) is 0. The summed E-state index contributed by atoms with van der Waals surface area (Å²) in [5.41, 5.74) is 0.909. The summed E-state index contributed by atoms with van der Waals surface area (Å²) in [5.74, 6) is 2.21. The van der Waals surface area contributed by atoms with E-state index < -0.39 is 0 Å². The number of piperidine rings is 1. The van der Waals surface area contributed by atoms with Gasteiger partial charge in [-0.05, 0) is 62.3 Å². The molecule has 10 heteroatoms. The number of hydrogen-bond donors (Lipinski definition) is 2. The molecule has 2 aromatic heterocycles. The SMILES string of the molecule is CCOc1ccc(-c2n[nH]c(=S)n2CCC(=O)NC2CCCN(c3ncccn3)C2)cc1. The van der Waals surface area contributed by atoms with E-state index in [1.165, 1.54) is 0 Å². The highest BCUT2D eigenvalue weighted by atomic mass is 32.1. The summed E-state index contributed by atoms with van der Waals surface area (Å²) in [4.78, 5) is 23.4. The van der Waals surface area contributed by atoms with Crippen molar-refractivity contribution in [2.45, 2.75) is 38.8 Å². The number of benzene rings is 1. The molecule has 0 spiro atoms. The number of H-pyrrole nitrogens is 1.